The van der Waals surface area contributed by atoms with Gasteiger partial charge in [-0.05, 0) is 37.5 Å². The van der Waals surface area contributed by atoms with Gasteiger partial charge in [0.1, 0.15) is 0 Å². The molecule has 0 amide bonds. The number of hydrogen-bond donors (Lipinski definition) is 0. The lowest BCUT2D eigenvalue weighted by Gasteiger charge is -2.07. The molecule has 0 aliphatic rings. The molecule has 0 spiro atoms. The van der Waals surface area contributed by atoms with Crippen LogP contribution in [0.25, 0.3) is 10.2 Å². The van der Waals surface area contributed by atoms with Crippen molar-refractivity contribution in [3.05, 3.63) is 64.7 Å². The standard InChI is InChI=1S/C18H18ClNS/c1-13-6-8-14(9-7-13)10-11-15(19)12-18-20-16-4-2-3-5-17(16)21-18/h2-9,15H,10-12H2,1H3. The molecule has 0 saturated heterocycles. The van der Waals surface area contributed by atoms with E-state index in [1.807, 2.05) is 6.07 Å². The fraction of sp³-hybridized carbons (Fsp3) is 0.278. The van der Waals surface area contributed by atoms with Crippen molar-refractivity contribution in [2.45, 2.75) is 31.6 Å². The second-order valence-electron chi connectivity index (χ2n) is 5.40. The van der Waals surface area contributed by atoms with E-state index in [0.717, 1.165) is 29.8 Å². The topological polar surface area (TPSA) is 12.9 Å². The highest BCUT2D eigenvalue weighted by atomic mass is 35.5. The molecule has 1 atom stereocenters. The van der Waals surface area contributed by atoms with Crippen LogP contribution >= 0.6 is 22.9 Å². The molecule has 3 heteroatoms. The van der Waals surface area contributed by atoms with Crippen LogP contribution in [0.1, 0.15) is 22.6 Å². The summed E-state index contributed by atoms with van der Waals surface area (Å²) in [6, 6.07) is 17.0. The second-order valence-corrected chi connectivity index (χ2v) is 7.13. The average Bonchev–Trinajstić information content (AvgIpc) is 2.88. The molecule has 1 unspecified atom stereocenters. The van der Waals surface area contributed by atoms with Crippen LogP contribution in [0.3, 0.4) is 0 Å². The van der Waals surface area contributed by atoms with Crippen molar-refractivity contribution in [2.24, 2.45) is 0 Å². The predicted octanol–water partition coefficient (Wildman–Crippen LogP) is 5.39. The maximum atomic E-state index is 6.49. The molecule has 0 bridgehead atoms. The van der Waals surface area contributed by atoms with Crippen molar-refractivity contribution in [1.82, 2.24) is 4.98 Å². The van der Waals surface area contributed by atoms with Gasteiger partial charge in [0, 0.05) is 11.8 Å². The zero-order valence-electron chi connectivity index (χ0n) is 12.1. The molecule has 0 fully saturated rings. The molecule has 3 aromatic rings. The molecule has 2 aromatic carbocycles. The van der Waals surface area contributed by atoms with E-state index in [1.165, 1.54) is 15.8 Å². The third-order valence-corrected chi connectivity index (χ3v) is 5.03. The van der Waals surface area contributed by atoms with Gasteiger partial charge in [0.2, 0.25) is 0 Å². The third kappa shape index (κ3) is 3.84. The summed E-state index contributed by atoms with van der Waals surface area (Å²) in [7, 11) is 0. The number of benzene rings is 2. The fourth-order valence-electron chi connectivity index (χ4n) is 2.38. The van der Waals surface area contributed by atoms with Gasteiger partial charge in [0.15, 0.2) is 0 Å². The van der Waals surface area contributed by atoms with Crippen molar-refractivity contribution in [2.75, 3.05) is 0 Å². The van der Waals surface area contributed by atoms with Gasteiger partial charge in [-0.15, -0.1) is 22.9 Å². The first-order chi connectivity index (χ1) is 10.2. The first kappa shape index (κ1) is 14.6. The van der Waals surface area contributed by atoms with E-state index >= 15 is 0 Å². The Kier molecular flexibility index (Phi) is 4.57. The largest absolute Gasteiger partial charge is 0.241 e. The molecule has 21 heavy (non-hydrogen) atoms. The van der Waals surface area contributed by atoms with Crippen LogP contribution in [0.4, 0.5) is 0 Å². The lowest BCUT2D eigenvalue weighted by molar-refractivity contribution is 0.741. The number of thiazole rings is 1. The highest BCUT2D eigenvalue weighted by Gasteiger charge is 2.10. The van der Waals surface area contributed by atoms with Gasteiger partial charge in [-0.2, -0.15) is 0 Å². The summed E-state index contributed by atoms with van der Waals surface area (Å²) in [6.45, 7) is 2.11. The van der Waals surface area contributed by atoms with E-state index in [2.05, 4.69) is 54.4 Å². The fourth-order valence-corrected chi connectivity index (χ4v) is 3.77. The maximum Gasteiger partial charge on any atom is 0.0953 e. The van der Waals surface area contributed by atoms with E-state index in [0.29, 0.717) is 0 Å². The highest BCUT2D eigenvalue weighted by Crippen LogP contribution is 2.24. The summed E-state index contributed by atoms with van der Waals surface area (Å²) in [6.07, 6.45) is 2.87. The first-order valence-corrected chi connectivity index (χ1v) is 8.50. The van der Waals surface area contributed by atoms with E-state index in [4.69, 9.17) is 11.6 Å². The Morgan fingerprint density at radius 1 is 1.10 bits per heavy atom. The summed E-state index contributed by atoms with van der Waals surface area (Å²) < 4.78 is 1.25. The van der Waals surface area contributed by atoms with Crippen molar-refractivity contribution < 1.29 is 0 Å². The molecule has 1 nitrogen and oxygen atoms in total. The number of alkyl halides is 1. The Balaban J connectivity index is 1.58. The average molecular weight is 316 g/mol. The van der Waals surface area contributed by atoms with Gasteiger partial charge in [0.05, 0.1) is 15.2 Å². The lowest BCUT2D eigenvalue weighted by atomic mass is 10.1. The highest BCUT2D eigenvalue weighted by molar-refractivity contribution is 7.18. The van der Waals surface area contributed by atoms with E-state index in [-0.39, 0.29) is 5.38 Å². The summed E-state index contributed by atoms with van der Waals surface area (Å²) in [5.74, 6) is 0. The summed E-state index contributed by atoms with van der Waals surface area (Å²) in [4.78, 5) is 4.65. The molecule has 0 aliphatic heterocycles. The first-order valence-electron chi connectivity index (χ1n) is 7.25. The lowest BCUT2D eigenvalue weighted by Crippen LogP contribution is -2.04. The van der Waals surface area contributed by atoms with E-state index < -0.39 is 0 Å². The quantitative estimate of drug-likeness (QED) is 0.575. The summed E-state index contributed by atoms with van der Waals surface area (Å²) in [5, 5.41) is 1.28. The molecule has 0 N–H and O–H groups in total. The molecule has 1 aromatic heterocycles. The number of fused-ring (bicyclic) bond motifs is 1. The van der Waals surface area contributed by atoms with Gasteiger partial charge in [-0.1, -0.05) is 42.0 Å². The number of halogens is 1. The Morgan fingerprint density at radius 2 is 1.86 bits per heavy atom. The summed E-state index contributed by atoms with van der Waals surface area (Å²) in [5.41, 5.74) is 3.74. The third-order valence-electron chi connectivity index (χ3n) is 3.60. The zero-order valence-corrected chi connectivity index (χ0v) is 13.6. The number of aryl methyl sites for hydroxylation is 2. The zero-order chi connectivity index (χ0) is 14.7. The van der Waals surface area contributed by atoms with Crippen LogP contribution in [0.5, 0.6) is 0 Å². The molecule has 3 rings (SSSR count). The van der Waals surface area contributed by atoms with Gasteiger partial charge in [0.25, 0.3) is 0 Å². The molecule has 0 saturated carbocycles. The van der Waals surface area contributed by atoms with Crippen LogP contribution in [0.2, 0.25) is 0 Å². The Bertz CT molecular complexity index is 684. The summed E-state index contributed by atoms with van der Waals surface area (Å²) >= 11 is 8.24. The van der Waals surface area contributed by atoms with Gasteiger partial charge in [-0.3, -0.25) is 0 Å². The maximum absolute atomic E-state index is 6.49. The van der Waals surface area contributed by atoms with Crippen LogP contribution in [0.15, 0.2) is 48.5 Å². The number of hydrogen-bond acceptors (Lipinski definition) is 2. The minimum Gasteiger partial charge on any atom is -0.241 e. The number of aromatic nitrogens is 1. The SMILES string of the molecule is Cc1ccc(CCC(Cl)Cc2nc3ccccc3s2)cc1. The monoisotopic (exact) mass is 315 g/mol. The Labute approximate surface area is 134 Å². The van der Waals surface area contributed by atoms with Crippen molar-refractivity contribution in [3.8, 4) is 0 Å². The molecular weight excluding hydrogens is 298 g/mol. The predicted molar refractivity (Wildman–Crippen MR) is 92.5 cm³/mol. The number of rotatable bonds is 5. The van der Waals surface area contributed by atoms with Gasteiger partial charge < -0.3 is 0 Å². The normalized spacial score (nSPS) is 12.7. The minimum absolute atomic E-state index is 0.145. The Hall–Kier alpha value is -1.38. The van der Waals surface area contributed by atoms with Crippen LogP contribution in [-0.4, -0.2) is 10.4 Å². The Morgan fingerprint density at radius 3 is 2.62 bits per heavy atom. The molecular formula is C18H18ClNS. The van der Waals surface area contributed by atoms with Crippen molar-refractivity contribution in [1.29, 1.82) is 0 Å². The molecule has 108 valence electrons. The van der Waals surface area contributed by atoms with Crippen LogP contribution < -0.4 is 0 Å². The number of nitrogens with zero attached hydrogens (tertiary/aromatic N) is 1. The minimum atomic E-state index is 0.145. The smallest absolute Gasteiger partial charge is 0.0953 e. The van der Waals surface area contributed by atoms with Crippen LogP contribution in [-0.2, 0) is 12.8 Å². The molecule has 1 heterocycles. The second kappa shape index (κ2) is 6.59. The van der Waals surface area contributed by atoms with Crippen molar-refractivity contribution in [3.63, 3.8) is 0 Å². The van der Waals surface area contributed by atoms with Crippen LogP contribution in [0, 0.1) is 6.92 Å². The molecule has 0 radical (unpaired) electrons. The number of para-hydroxylation sites is 1. The van der Waals surface area contributed by atoms with Gasteiger partial charge >= 0.3 is 0 Å². The van der Waals surface area contributed by atoms with Crippen molar-refractivity contribution >= 4 is 33.2 Å². The van der Waals surface area contributed by atoms with E-state index in [1.54, 1.807) is 11.3 Å². The van der Waals surface area contributed by atoms with Gasteiger partial charge in [-0.25, -0.2) is 4.98 Å². The molecule has 0 aliphatic carbocycles. The van der Waals surface area contributed by atoms with E-state index in [9.17, 15) is 0 Å².